The highest BCUT2D eigenvalue weighted by atomic mass is 16.6. The Bertz CT molecular complexity index is 1300. The van der Waals surface area contributed by atoms with Crippen molar-refractivity contribution in [1.82, 2.24) is 14.9 Å². The highest BCUT2D eigenvalue weighted by Gasteiger charge is 2.23. The highest BCUT2D eigenvalue weighted by molar-refractivity contribution is 5.69. The monoisotopic (exact) mass is 544 g/mol. The molecule has 2 aliphatic rings. The third-order valence-corrected chi connectivity index (χ3v) is 8.47. The first kappa shape index (κ1) is 28.0. The Labute approximate surface area is 236 Å². The second-order valence-corrected chi connectivity index (χ2v) is 11.3. The molecule has 1 aliphatic heterocycles. The zero-order valence-electron chi connectivity index (χ0n) is 23.3. The van der Waals surface area contributed by atoms with Gasteiger partial charge in [-0.2, -0.15) is 4.98 Å². The van der Waals surface area contributed by atoms with Gasteiger partial charge in [0.25, 0.3) is 0 Å². The predicted octanol–water partition coefficient (Wildman–Crippen LogP) is 5.78. The lowest BCUT2D eigenvalue weighted by molar-refractivity contribution is -0.384. The molecule has 40 heavy (non-hydrogen) atoms. The number of anilines is 2. The molecule has 3 N–H and O–H groups in total. The summed E-state index contributed by atoms with van der Waals surface area (Å²) in [6, 6.07) is 15.1. The number of likely N-dealkylation sites (tertiary alicyclic amines) is 1. The zero-order chi connectivity index (χ0) is 27.9. The molecule has 5 rings (SSSR count). The molecule has 9 heteroatoms. The lowest BCUT2D eigenvalue weighted by Crippen LogP contribution is -2.23. The van der Waals surface area contributed by atoms with Crippen LogP contribution >= 0.6 is 0 Å². The normalized spacial score (nSPS) is 19.4. The fraction of sp³-hybridized carbons (Fsp3) is 0.484. The van der Waals surface area contributed by atoms with E-state index in [1.807, 2.05) is 0 Å². The van der Waals surface area contributed by atoms with E-state index >= 15 is 0 Å². The van der Waals surface area contributed by atoms with Crippen molar-refractivity contribution >= 4 is 17.5 Å². The van der Waals surface area contributed by atoms with E-state index in [2.05, 4.69) is 74.9 Å². The molecular formula is C31H40N6O3. The molecule has 212 valence electrons. The maximum absolute atomic E-state index is 11.6. The van der Waals surface area contributed by atoms with Crippen LogP contribution in [0.15, 0.2) is 48.7 Å². The van der Waals surface area contributed by atoms with Crippen molar-refractivity contribution in [2.45, 2.75) is 58.5 Å². The van der Waals surface area contributed by atoms with Gasteiger partial charge in [0.1, 0.15) is 6.20 Å². The molecule has 0 atom stereocenters. The van der Waals surface area contributed by atoms with Gasteiger partial charge in [-0.05, 0) is 104 Å². The largest absolute Gasteiger partial charge is 0.396 e. The smallest absolute Gasteiger partial charge is 0.329 e. The Morgan fingerprint density at radius 1 is 1.05 bits per heavy atom. The number of aliphatic hydroxyl groups excluding tert-OH is 1. The van der Waals surface area contributed by atoms with Crippen LogP contribution in [-0.2, 0) is 13.1 Å². The summed E-state index contributed by atoms with van der Waals surface area (Å²) in [7, 11) is 0. The number of hydrogen-bond donors (Lipinski definition) is 3. The number of aromatic nitrogens is 2. The summed E-state index contributed by atoms with van der Waals surface area (Å²) in [5.41, 5.74) is 5.93. The van der Waals surface area contributed by atoms with Gasteiger partial charge in [-0.3, -0.25) is 15.0 Å². The second-order valence-electron chi connectivity index (χ2n) is 11.3. The van der Waals surface area contributed by atoms with Crippen molar-refractivity contribution in [2.24, 2.45) is 11.8 Å². The van der Waals surface area contributed by atoms with Gasteiger partial charge in [-0.15, -0.1) is 0 Å². The van der Waals surface area contributed by atoms with E-state index in [1.54, 1.807) is 0 Å². The Balaban J connectivity index is 1.25. The Hall–Kier alpha value is -3.56. The summed E-state index contributed by atoms with van der Waals surface area (Å²) in [6.45, 7) is 6.85. The average molecular weight is 545 g/mol. The van der Waals surface area contributed by atoms with Crippen LogP contribution in [0.2, 0.25) is 0 Å². The van der Waals surface area contributed by atoms with E-state index in [1.165, 1.54) is 54.4 Å². The van der Waals surface area contributed by atoms with Crippen LogP contribution in [0.5, 0.6) is 0 Å². The predicted molar refractivity (Wildman–Crippen MR) is 158 cm³/mol. The number of nitrogens with one attached hydrogen (secondary N) is 2. The molecule has 0 unspecified atom stereocenters. The summed E-state index contributed by atoms with van der Waals surface area (Å²) in [6.07, 6.45) is 7.82. The molecule has 2 aromatic carbocycles. The summed E-state index contributed by atoms with van der Waals surface area (Å²) < 4.78 is 0. The molecule has 2 heterocycles. The minimum atomic E-state index is -0.444. The Morgan fingerprint density at radius 3 is 2.55 bits per heavy atom. The van der Waals surface area contributed by atoms with Gasteiger partial charge < -0.3 is 15.7 Å². The maximum Gasteiger partial charge on any atom is 0.329 e. The Morgan fingerprint density at radius 2 is 1.80 bits per heavy atom. The first-order chi connectivity index (χ1) is 19.5. The Kier molecular flexibility index (Phi) is 9.23. The third-order valence-electron chi connectivity index (χ3n) is 8.47. The highest BCUT2D eigenvalue weighted by Crippen LogP contribution is 2.31. The third kappa shape index (κ3) is 6.95. The molecule has 1 saturated carbocycles. The van der Waals surface area contributed by atoms with Crippen molar-refractivity contribution in [3.05, 3.63) is 75.5 Å². The molecule has 9 nitrogen and oxygen atoms in total. The molecule has 1 saturated heterocycles. The van der Waals surface area contributed by atoms with Crippen LogP contribution in [0.4, 0.5) is 17.5 Å². The van der Waals surface area contributed by atoms with Crippen LogP contribution in [0.1, 0.15) is 55.2 Å². The topological polar surface area (TPSA) is 116 Å². The van der Waals surface area contributed by atoms with Gasteiger partial charge >= 0.3 is 5.69 Å². The molecule has 0 bridgehead atoms. The van der Waals surface area contributed by atoms with Crippen LogP contribution in [0.25, 0.3) is 11.1 Å². The molecular weight excluding hydrogens is 504 g/mol. The average Bonchev–Trinajstić information content (AvgIpc) is 3.49. The van der Waals surface area contributed by atoms with Gasteiger partial charge in [0, 0.05) is 26.2 Å². The van der Waals surface area contributed by atoms with Crippen LogP contribution in [0, 0.1) is 28.9 Å². The zero-order valence-corrected chi connectivity index (χ0v) is 23.3. The summed E-state index contributed by atoms with van der Waals surface area (Å²) in [5, 5.41) is 27.5. The van der Waals surface area contributed by atoms with E-state index in [0.29, 0.717) is 30.9 Å². The SMILES string of the molecule is Cc1c(CNc2ncc([N+](=O)[O-])c(NCC3CCC(CO)CC3)n2)cccc1-c1cccc(CN2CCCC2)c1. The number of benzene rings is 2. The van der Waals surface area contributed by atoms with Gasteiger partial charge in [0.05, 0.1) is 4.92 Å². The van der Waals surface area contributed by atoms with Crippen molar-refractivity contribution < 1.29 is 10.0 Å². The van der Waals surface area contributed by atoms with Gasteiger partial charge in [-0.25, -0.2) is 4.98 Å². The minimum absolute atomic E-state index is 0.124. The molecule has 0 spiro atoms. The van der Waals surface area contributed by atoms with Crippen LogP contribution in [0.3, 0.4) is 0 Å². The van der Waals surface area contributed by atoms with Gasteiger partial charge in [0.15, 0.2) is 0 Å². The summed E-state index contributed by atoms with van der Waals surface area (Å²) >= 11 is 0. The first-order valence-corrected chi connectivity index (χ1v) is 14.5. The van der Waals surface area contributed by atoms with Crippen molar-refractivity contribution in [3.63, 3.8) is 0 Å². The number of nitrogens with zero attached hydrogens (tertiary/aromatic N) is 4. The van der Waals surface area contributed by atoms with Crippen LogP contribution in [-0.4, -0.2) is 51.1 Å². The molecule has 1 aliphatic carbocycles. The molecule has 3 aromatic rings. The van der Waals surface area contributed by atoms with E-state index < -0.39 is 4.92 Å². The van der Waals surface area contributed by atoms with Gasteiger partial charge in [-0.1, -0.05) is 36.4 Å². The van der Waals surface area contributed by atoms with Crippen molar-refractivity contribution in [1.29, 1.82) is 0 Å². The molecule has 2 fully saturated rings. The molecule has 0 radical (unpaired) electrons. The fourth-order valence-electron chi connectivity index (χ4n) is 5.98. The number of rotatable bonds is 11. The lowest BCUT2D eigenvalue weighted by Gasteiger charge is -2.27. The minimum Gasteiger partial charge on any atom is -0.396 e. The quantitative estimate of drug-likeness (QED) is 0.206. The van der Waals surface area contributed by atoms with Crippen molar-refractivity contribution in [3.8, 4) is 11.1 Å². The first-order valence-electron chi connectivity index (χ1n) is 14.5. The summed E-state index contributed by atoms with van der Waals surface area (Å²) in [4.78, 5) is 22.4. The second kappa shape index (κ2) is 13.2. The number of hydrogen-bond acceptors (Lipinski definition) is 8. The van der Waals surface area contributed by atoms with Gasteiger partial charge in [0.2, 0.25) is 11.8 Å². The van der Waals surface area contributed by atoms with Crippen molar-refractivity contribution in [2.75, 3.05) is 36.9 Å². The van der Waals surface area contributed by atoms with E-state index in [4.69, 9.17) is 0 Å². The fourth-order valence-corrected chi connectivity index (χ4v) is 5.98. The summed E-state index contributed by atoms with van der Waals surface area (Å²) in [5.74, 6) is 1.39. The standard InChI is InChI=1S/C31H40N6O3/c1-22-27(8-5-9-28(22)26-7-4-6-25(16-26)20-36-14-2-3-15-36)18-33-31-34-19-29(37(39)40)30(35-31)32-17-23-10-12-24(21-38)13-11-23/h4-9,16,19,23-24,38H,2-3,10-15,17-18,20-21H2,1H3,(H2,32,33,34,35). The van der Waals surface area contributed by atoms with E-state index in [0.717, 1.165) is 37.8 Å². The van der Waals surface area contributed by atoms with E-state index in [9.17, 15) is 15.2 Å². The van der Waals surface area contributed by atoms with Crippen LogP contribution < -0.4 is 10.6 Å². The molecule has 1 aromatic heterocycles. The van der Waals surface area contributed by atoms with E-state index in [-0.39, 0.29) is 18.1 Å². The maximum atomic E-state index is 11.6. The molecule has 0 amide bonds. The number of nitro groups is 1. The lowest BCUT2D eigenvalue weighted by atomic mass is 9.82. The number of aliphatic hydroxyl groups is 1.